The molecule has 0 radical (unpaired) electrons. The van der Waals surface area contributed by atoms with Gasteiger partial charge in [-0.15, -0.1) is 0 Å². The fourth-order valence-corrected chi connectivity index (χ4v) is 1.95. The Bertz CT molecular complexity index is 350. The Labute approximate surface area is 104 Å². The average molecular weight is 237 g/mol. The van der Waals surface area contributed by atoms with Crippen LogP contribution in [-0.4, -0.2) is 27.3 Å². The molecule has 1 unspecified atom stereocenters. The van der Waals surface area contributed by atoms with Gasteiger partial charge in [-0.05, 0) is 43.1 Å². The first-order chi connectivity index (χ1) is 8.12. The van der Waals surface area contributed by atoms with Crippen LogP contribution in [0.4, 0.5) is 0 Å². The van der Waals surface area contributed by atoms with Crippen LogP contribution in [0.25, 0.3) is 0 Å². The highest BCUT2D eigenvalue weighted by Crippen LogP contribution is 2.26. The average Bonchev–Trinajstić information content (AvgIpc) is 2.35. The quantitative estimate of drug-likeness (QED) is 0.824. The Kier molecular flexibility index (Phi) is 5.29. The largest absolute Gasteiger partial charge is 0.497 e. The van der Waals surface area contributed by atoms with Crippen molar-refractivity contribution in [3.63, 3.8) is 0 Å². The van der Waals surface area contributed by atoms with E-state index in [0.717, 1.165) is 17.9 Å². The van der Waals surface area contributed by atoms with E-state index in [2.05, 4.69) is 19.2 Å². The minimum Gasteiger partial charge on any atom is -0.497 e. The lowest BCUT2D eigenvalue weighted by molar-refractivity contribution is 0.384. The molecule has 0 aliphatic rings. The Morgan fingerprint density at radius 1 is 1.18 bits per heavy atom. The van der Waals surface area contributed by atoms with Crippen molar-refractivity contribution >= 4 is 0 Å². The molecular weight excluding hydrogens is 214 g/mol. The first kappa shape index (κ1) is 13.8. The van der Waals surface area contributed by atoms with Crippen LogP contribution in [0.3, 0.4) is 0 Å². The molecule has 0 spiro atoms. The van der Waals surface area contributed by atoms with E-state index in [1.165, 1.54) is 5.56 Å². The number of rotatable bonds is 6. The van der Waals surface area contributed by atoms with E-state index in [0.29, 0.717) is 12.0 Å². The molecule has 0 aromatic heterocycles. The maximum Gasteiger partial charge on any atom is 0.122 e. The molecule has 1 aromatic rings. The van der Waals surface area contributed by atoms with Gasteiger partial charge < -0.3 is 14.8 Å². The van der Waals surface area contributed by atoms with Gasteiger partial charge in [-0.25, -0.2) is 0 Å². The molecule has 0 saturated carbocycles. The lowest BCUT2D eigenvalue weighted by Crippen LogP contribution is -2.32. The van der Waals surface area contributed by atoms with E-state index in [9.17, 15) is 0 Å². The predicted octanol–water partition coefficient (Wildman–Crippen LogP) is 2.49. The number of nitrogens with one attached hydrogen (secondary N) is 1. The van der Waals surface area contributed by atoms with Gasteiger partial charge in [0.05, 0.1) is 14.2 Å². The van der Waals surface area contributed by atoms with Crippen molar-refractivity contribution < 1.29 is 9.47 Å². The molecule has 1 atom stereocenters. The lowest BCUT2D eigenvalue weighted by Gasteiger charge is -2.21. The first-order valence-corrected chi connectivity index (χ1v) is 6.00. The van der Waals surface area contributed by atoms with Crippen LogP contribution in [0.1, 0.15) is 19.4 Å². The van der Waals surface area contributed by atoms with Gasteiger partial charge in [-0.3, -0.25) is 0 Å². The van der Waals surface area contributed by atoms with Gasteiger partial charge in [-0.2, -0.15) is 0 Å². The second-order valence-electron chi connectivity index (χ2n) is 4.52. The van der Waals surface area contributed by atoms with Gasteiger partial charge >= 0.3 is 0 Å². The van der Waals surface area contributed by atoms with Crippen LogP contribution >= 0.6 is 0 Å². The SMILES string of the molecule is CNC(Cc1cc(OC)ccc1OC)C(C)C. The van der Waals surface area contributed by atoms with Crippen molar-refractivity contribution in [3.8, 4) is 11.5 Å². The van der Waals surface area contributed by atoms with Gasteiger partial charge in [0.2, 0.25) is 0 Å². The number of hydrogen-bond acceptors (Lipinski definition) is 3. The maximum atomic E-state index is 5.39. The minimum absolute atomic E-state index is 0.441. The Morgan fingerprint density at radius 2 is 1.88 bits per heavy atom. The van der Waals surface area contributed by atoms with Crippen molar-refractivity contribution in [2.45, 2.75) is 26.3 Å². The van der Waals surface area contributed by atoms with Crippen molar-refractivity contribution in [2.24, 2.45) is 5.92 Å². The van der Waals surface area contributed by atoms with E-state index >= 15 is 0 Å². The van der Waals surface area contributed by atoms with Crippen LogP contribution in [0.2, 0.25) is 0 Å². The molecule has 1 rings (SSSR count). The van der Waals surface area contributed by atoms with Gasteiger partial charge in [0.25, 0.3) is 0 Å². The number of likely N-dealkylation sites (N-methyl/N-ethyl adjacent to an activating group) is 1. The van der Waals surface area contributed by atoms with E-state index in [-0.39, 0.29) is 0 Å². The predicted molar refractivity (Wildman–Crippen MR) is 70.9 cm³/mol. The summed E-state index contributed by atoms with van der Waals surface area (Å²) in [7, 11) is 5.38. The third-order valence-corrected chi connectivity index (χ3v) is 3.10. The molecule has 3 heteroatoms. The molecule has 0 aliphatic carbocycles. The molecule has 0 saturated heterocycles. The summed E-state index contributed by atoms with van der Waals surface area (Å²) in [6.45, 7) is 4.43. The summed E-state index contributed by atoms with van der Waals surface area (Å²) >= 11 is 0. The molecule has 1 N–H and O–H groups in total. The van der Waals surface area contributed by atoms with Crippen LogP contribution in [0, 0.1) is 5.92 Å². The fraction of sp³-hybridized carbons (Fsp3) is 0.571. The van der Waals surface area contributed by atoms with Crippen molar-refractivity contribution in [3.05, 3.63) is 23.8 Å². The first-order valence-electron chi connectivity index (χ1n) is 6.00. The van der Waals surface area contributed by atoms with Crippen LogP contribution in [-0.2, 0) is 6.42 Å². The standard InChI is InChI=1S/C14H23NO2/c1-10(2)13(15-3)9-11-8-12(16-4)6-7-14(11)17-5/h6-8,10,13,15H,9H2,1-5H3. The highest BCUT2D eigenvalue weighted by Gasteiger charge is 2.15. The Hall–Kier alpha value is -1.22. The monoisotopic (exact) mass is 237 g/mol. The third-order valence-electron chi connectivity index (χ3n) is 3.10. The summed E-state index contributed by atoms with van der Waals surface area (Å²) in [5.74, 6) is 2.38. The van der Waals surface area contributed by atoms with Gasteiger partial charge in [0.1, 0.15) is 11.5 Å². The minimum atomic E-state index is 0.441. The highest BCUT2D eigenvalue weighted by atomic mass is 16.5. The summed E-state index contributed by atoms with van der Waals surface area (Å²) in [6, 6.07) is 6.37. The normalized spacial score (nSPS) is 12.6. The summed E-state index contributed by atoms with van der Waals surface area (Å²) in [6.07, 6.45) is 0.939. The van der Waals surface area contributed by atoms with E-state index in [1.54, 1.807) is 14.2 Å². The summed E-state index contributed by atoms with van der Waals surface area (Å²) in [5, 5.41) is 3.34. The molecule has 0 bridgehead atoms. The fourth-order valence-electron chi connectivity index (χ4n) is 1.95. The van der Waals surface area contributed by atoms with Crippen LogP contribution < -0.4 is 14.8 Å². The molecule has 1 aromatic carbocycles. The maximum absolute atomic E-state index is 5.39. The zero-order chi connectivity index (χ0) is 12.8. The second-order valence-corrected chi connectivity index (χ2v) is 4.52. The molecule has 96 valence electrons. The third kappa shape index (κ3) is 3.63. The van der Waals surface area contributed by atoms with Crippen molar-refractivity contribution in [2.75, 3.05) is 21.3 Å². The zero-order valence-corrected chi connectivity index (χ0v) is 11.4. The van der Waals surface area contributed by atoms with Crippen molar-refractivity contribution in [1.82, 2.24) is 5.32 Å². The lowest BCUT2D eigenvalue weighted by atomic mass is 9.96. The van der Waals surface area contributed by atoms with Crippen LogP contribution in [0.15, 0.2) is 18.2 Å². The number of benzene rings is 1. The molecule has 0 fully saturated rings. The van der Waals surface area contributed by atoms with E-state index in [4.69, 9.17) is 9.47 Å². The summed E-state index contributed by atoms with van der Waals surface area (Å²) in [4.78, 5) is 0. The number of methoxy groups -OCH3 is 2. The van der Waals surface area contributed by atoms with Gasteiger partial charge in [0.15, 0.2) is 0 Å². The molecule has 0 aliphatic heterocycles. The Balaban J connectivity index is 2.93. The zero-order valence-electron chi connectivity index (χ0n) is 11.4. The Morgan fingerprint density at radius 3 is 2.35 bits per heavy atom. The highest BCUT2D eigenvalue weighted by molar-refractivity contribution is 5.40. The second kappa shape index (κ2) is 6.50. The van der Waals surface area contributed by atoms with Gasteiger partial charge in [0, 0.05) is 6.04 Å². The molecular formula is C14H23NO2. The smallest absolute Gasteiger partial charge is 0.122 e. The van der Waals surface area contributed by atoms with Gasteiger partial charge in [-0.1, -0.05) is 13.8 Å². The van der Waals surface area contributed by atoms with E-state index in [1.807, 2.05) is 25.2 Å². The van der Waals surface area contributed by atoms with Crippen molar-refractivity contribution in [1.29, 1.82) is 0 Å². The van der Waals surface area contributed by atoms with Crippen LogP contribution in [0.5, 0.6) is 11.5 Å². The summed E-state index contributed by atoms with van der Waals surface area (Å²) < 4.78 is 10.6. The molecule has 3 nitrogen and oxygen atoms in total. The number of ether oxygens (including phenoxy) is 2. The van der Waals surface area contributed by atoms with E-state index < -0.39 is 0 Å². The molecule has 0 amide bonds. The number of hydrogen-bond donors (Lipinski definition) is 1. The molecule has 0 heterocycles. The summed E-state index contributed by atoms with van der Waals surface area (Å²) in [5.41, 5.74) is 1.18. The topological polar surface area (TPSA) is 30.5 Å². The molecule has 17 heavy (non-hydrogen) atoms.